The van der Waals surface area contributed by atoms with Crippen LogP contribution in [0.4, 0.5) is 10.1 Å². The monoisotopic (exact) mass is 336 g/mol. The van der Waals surface area contributed by atoms with Crippen molar-refractivity contribution >= 4 is 31.6 Å². The van der Waals surface area contributed by atoms with E-state index in [0.29, 0.717) is 17.1 Å². The zero-order valence-corrected chi connectivity index (χ0v) is 12.0. The first-order valence-corrected chi connectivity index (χ1v) is 8.10. The van der Waals surface area contributed by atoms with Crippen LogP contribution in [0.2, 0.25) is 0 Å². The Morgan fingerprint density at radius 2 is 2.11 bits per heavy atom. The lowest BCUT2D eigenvalue weighted by atomic mass is 10.3. The van der Waals surface area contributed by atoms with E-state index < -0.39 is 15.8 Å². The highest BCUT2D eigenvalue weighted by molar-refractivity contribution is 9.10. The number of benzene rings is 1. The molecule has 2 rings (SSSR count). The first kappa shape index (κ1) is 13.8. The minimum Gasteiger partial charge on any atom is -0.313 e. The summed E-state index contributed by atoms with van der Waals surface area (Å²) in [6.07, 6.45) is 2.21. The summed E-state index contributed by atoms with van der Waals surface area (Å²) < 4.78 is 39.7. The molecule has 18 heavy (non-hydrogen) atoms. The average Bonchev–Trinajstić information content (AvgIpc) is 3.07. The van der Waals surface area contributed by atoms with Gasteiger partial charge in [-0.05, 0) is 40.9 Å². The number of para-hydroxylation sites is 1. The number of sulfonamides is 1. The summed E-state index contributed by atoms with van der Waals surface area (Å²) in [7, 11) is -3.53. The van der Waals surface area contributed by atoms with Crippen molar-refractivity contribution in [2.75, 3.05) is 17.0 Å². The zero-order chi connectivity index (χ0) is 13.2. The summed E-state index contributed by atoms with van der Waals surface area (Å²) in [6.45, 7) is 0.381. The Hall–Kier alpha value is -0.660. The fourth-order valence-corrected chi connectivity index (χ4v) is 3.07. The van der Waals surface area contributed by atoms with Gasteiger partial charge < -0.3 is 5.32 Å². The molecule has 2 N–H and O–H groups in total. The second kappa shape index (κ2) is 5.54. The lowest BCUT2D eigenvalue weighted by Gasteiger charge is -2.10. The lowest BCUT2D eigenvalue weighted by molar-refractivity contribution is 0.593. The summed E-state index contributed by atoms with van der Waals surface area (Å²) in [4.78, 5) is 0. The number of anilines is 1. The quantitative estimate of drug-likeness (QED) is 0.836. The summed E-state index contributed by atoms with van der Waals surface area (Å²) in [5, 5.41) is 3.10. The van der Waals surface area contributed by atoms with Gasteiger partial charge in [-0.1, -0.05) is 6.07 Å². The first-order valence-electron chi connectivity index (χ1n) is 5.66. The van der Waals surface area contributed by atoms with Crippen molar-refractivity contribution in [1.82, 2.24) is 5.32 Å². The summed E-state index contributed by atoms with van der Waals surface area (Å²) in [6, 6.07) is 4.76. The van der Waals surface area contributed by atoms with E-state index in [2.05, 4.69) is 26.0 Å². The molecule has 0 amide bonds. The third-order valence-electron chi connectivity index (χ3n) is 2.60. The van der Waals surface area contributed by atoms with Gasteiger partial charge in [-0.3, -0.25) is 4.72 Å². The van der Waals surface area contributed by atoms with Gasteiger partial charge in [0.2, 0.25) is 10.0 Å². The van der Waals surface area contributed by atoms with Gasteiger partial charge >= 0.3 is 0 Å². The minimum atomic E-state index is -3.53. The molecule has 0 aromatic heterocycles. The molecule has 1 aliphatic carbocycles. The zero-order valence-electron chi connectivity index (χ0n) is 9.62. The van der Waals surface area contributed by atoms with Gasteiger partial charge in [0.1, 0.15) is 5.82 Å². The molecule has 0 heterocycles. The average molecular weight is 337 g/mol. The van der Waals surface area contributed by atoms with Crippen LogP contribution in [0.15, 0.2) is 22.7 Å². The van der Waals surface area contributed by atoms with Gasteiger partial charge in [0, 0.05) is 17.1 Å². The molecular weight excluding hydrogens is 323 g/mol. The number of rotatable bonds is 6. The van der Waals surface area contributed by atoms with Crippen molar-refractivity contribution in [2.24, 2.45) is 0 Å². The third-order valence-corrected chi connectivity index (χ3v) is 4.52. The highest BCUT2D eigenvalue weighted by Gasteiger charge is 2.21. The largest absolute Gasteiger partial charge is 0.313 e. The van der Waals surface area contributed by atoms with E-state index in [9.17, 15) is 12.8 Å². The molecule has 0 spiro atoms. The van der Waals surface area contributed by atoms with Crippen molar-refractivity contribution in [3.8, 4) is 0 Å². The molecule has 7 heteroatoms. The van der Waals surface area contributed by atoms with Gasteiger partial charge in [0.25, 0.3) is 0 Å². The van der Waals surface area contributed by atoms with E-state index in [1.165, 1.54) is 12.1 Å². The van der Waals surface area contributed by atoms with Crippen LogP contribution < -0.4 is 10.0 Å². The minimum absolute atomic E-state index is 0.0380. The second-order valence-electron chi connectivity index (χ2n) is 4.25. The first-order chi connectivity index (χ1) is 8.48. The van der Waals surface area contributed by atoms with Gasteiger partial charge in [-0.25, -0.2) is 12.8 Å². The van der Waals surface area contributed by atoms with E-state index in [4.69, 9.17) is 0 Å². The molecule has 1 aromatic carbocycles. The lowest BCUT2D eigenvalue weighted by Crippen LogP contribution is -2.28. The Morgan fingerprint density at radius 1 is 1.39 bits per heavy atom. The predicted molar refractivity (Wildman–Crippen MR) is 72.5 cm³/mol. The maximum atomic E-state index is 13.5. The Morgan fingerprint density at radius 3 is 2.72 bits per heavy atom. The molecule has 0 unspecified atom stereocenters. The summed E-state index contributed by atoms with van der Waals surface area (Å²) >= 11 is 3.12. The highest BCUT2D eigenvalue weighted by atomic mass is 79.9. The van der Waals surface area contributed by atoms with Crippen LogP contribution in [-0.4, -0.2) is 26.8 Å². The van der Waals surface area contributed by atoms with Crippen molar-refractivity contribution in [3.05, 3.63) is 28.5 Å². The van der Waals surface area contributed by atoms with Crippen LogP contribution in [-0.2, 0) is 10.0 Å². The topological polar surface area (TPSA) is 58.2 Å². The Kier molecular flexibility index (Phi) is 4.24. The second-order valence-corrected chi connectivity index (χ2v) is 6.94. The fourth-order valence-electron chi connectivity index (χ4n) is 1.49. The van der Waals surface area contributed by atoms with Crippen LogP contribution >= 0.6 is 15.9 Å². The fraction of sp³-hybridized carbons (Fsp3) is 0.455. The summed E-state index contributed by atoms with van der Waals surface area (Å²) in [5.74, 6) is -0.660. The number of hydrogen-bond donors (Lipinski definition) is 2. The van der Waals surface area contributed by atoms with Crippen LogP contribution in [0.1, 0.15) is 12.8 Å². The van der Waals surface area contributed by atoms with Gasteiger partial charge in [-0.2, -0.15) is 0 Å². The number of hydrogen-bond acceptors (Lipinski definition) is 3. The molecular formula is C11H14BrFN2O2S. The molecule has 0 atom stereocenters. The Labute approximate surface area is 114 Å². The van der Waals surface area contributed by atoms with Crippen LogP contribution in [0.3, 0.4) is 0 Å². The van der Waals surface area contributed by atoms with Crippen molar-refractivity contribution in [1.29, 1.82) is 0 Å². The van der Waals surface area contributed by atoms with E-state index in [-0.39, 0.29) is 11.4 Å². The van der Waals surface area contributed by atoms with Gasteiger partial charge in [-0.15, -0.1) is 0 Å². The molecule has 1 aromatic rings. The Bertz CT molecular complexity index is 512. The van der Waals surface area contributed by atoms with E-state index in [1.807, 2.05) is 0 Å². The summed E-state index contributed by atoms with van der Waals surface area (Å²) in [5.41, 5.74) is -0.0380. The molecule has 4 nitrogen and oxygen atoms in total. The third kappa shape index (κ3) is 3.93. The highest BCUT2D eigenvalue weighted by Crippen LogP contribution is 2.26. The smallest absolute Gasteiger partial charge is 0.234 e. The molecule has 1 saturated carbocycles. The van der Waals surface area contributed by atoms with Crippen LogP contribution in [0.25, 0.3) is 0 Å². The molecule has 0 saturated heterocycles. The molecule has 0 radical (unpaired) electrons. The predicted octanol–water partition coefficient (Wildman–Crippen LogP) is 2.08. The van der Waals surface area contributed by atoms with E-state index >= 15 is 0 Å². The normalized spacial score (nSPS) is 15.7. The van der Waals surface area contributed by atoms with E-state index in [1.54, 1.807) is 6.07 Å². The standard InChI is InChI=1S/C11H14BrFN2O2S/c12-9-2-1-3-10(13)11(9)15-18(16,17)7-6-14-8-4-5-8/h1-3,8,14-15H,4-7H2. The molecule has 0 aliphatic heterocycles. The maximum Gasteiger partial charge on any atom is 0.234 e. The molecule has 100 valence electrons. The molecule has 0 bridgehead atoms. The van der Waals surface area contributed by atoms with Crippen molar-refractivity contribution < 1.29 is 12.8 Å². The number of halogens is 2. The SMILES string of the molecule is O=S(=O)(CCNC1CC1)Nc1c(F)cccc1Br. The Balaban J connectivity index is 1.97. The van der Waals surface area contributed by atoms with Crippen LogP contribution in [0.5, 0.6) is 0 Å². The maximum absolute atomic E-state index is 13.5. The molecule has 1 aliphatic rings. The van der Waals surface area contributed by atoms with Crippen molar-refractivity contribution in [2.45, 2.75) is 18.9 Å². The van der Waals surface area contributed by atoms with Crippen LogP contribution in [0, 0.1) is 5.82 Å². The van der Waals surface area contributed by atoms with Crippen molar-refractivity contribution in [3.63, 3.8) is 0 Å². The van der Waals surface area contributed by atoms with E-state index in [0.717, 1.165) is 12.8 Å². The number of nitrogens with one attached hydrogen (secondary N) is 2. The molecule has 1 fully saturated rings. The van der Waals surface area contributed by atoms with Gasteiger partial charge in [0.05, 0.1) is 11.4 Å². The van der Waals surface area contributed by atoms with Gasteiger partial charge in [0.15, 0.2) is 0 Å².